The van der Waals surface area contributed by atoms with Gasteiger partial charge < -0.3 is 5.32 Å². The van der Waals surface area contributed by atoms with Gasteiger partial charge in [0.2, 0.25) is 17.8 Å². The van der Waals surface area contributed by atoms with Crippen LogP contribution in [-0.4, -0.2) is 26.6 Å². The first-order valence-electron chi connectivity index (χ1n) is 7.61. The molecule has 1 aromatic carbocycles. The summed E-state index contributed by atoms with van der Waals surface area (Å²) in [5.41, 5.74) is 1.95. The Hall–Kier alpha value is -2.70. The van der Waals surface area contributed by atoms with Crippen LogP contribution in [0.2, 0.25) is 0 Å². The van der Waals surface area contributed by atoms with Crippen LogP contribution < -0.4 is 10.6 Å². The van der Waals surface area contributed by atoms with Crippen LogP contribution in [0, 0.1) is 5.92 Å². The monoisotopic (exact) mass is 313 g/mol. The van der Waals surface area contributed by atoms with Crippen molar-refractivity contribution in [2.75, 3.05) is 10.6 Å². The van der Waals surface area contributed by atoms with E-state index in [1.54, 1.807) is 4.68 Å². The number of amides is 2. The zero-order valence-corrected chi connectivity index (χ0v) is 13.1. The van der Waals surface area contributed by atoms with Gasteiger partial charge in [-0.05, 0) is 23.6 Å². The highest BCUT2D eigenvalue weighted by Crippen LogP contribution is 2.20. The quantitative estimate of drug-likeness (QED) is 0.903. The van der Waals surface area contributed by atoms with Gasteiger partial charge in [0.25, 0.3) is 0 Å². The smallest absolute Gasteiger partial charge is 0.232 e. The number of nitrogens with one attached hydrogen (secondary N) is 2. The van der Waals surface area contributed by atoms with E-state index >= 15 is 0 Å². The number of hydrogen-bond donors (Lipinski definition) is 2. The first-order valence-corrected chi connectivity index (χ1v) is 7.61. The van der Waals surface area contributed by atoms with Crippen LogP contribution in [0.15, 0.2) is 30.6 Å². The molecule has 1 aromatic heterocycles. The lowest BCUT2D eigenvalue weighted by Crippen LogP contribution is -2.36. The van der Waals surface area contributed by atoms with Gasteiger partial charge in [-0.3, -0.25) is 14.9 Å². The lowest BCUT2D eigenvalue weighted by atomic mass is 10.0. The second kappa shape index (κ2) is 6.20. The third-order valence-corrected chi connectivity index (χ3v) is 3.91. The minimum Gasteiger partial charge on any atom is -0.326 e. The molecule has 7 nitrogen and oxygen atoms in total. The van der Waals surface area contributed by atoms with Gasteiger partial charge in [0.05, 0.1) is 12.5 Å². The highest BCUT2D eigenvalue weighted by Gasteiger charge is 2.29. The van der Waals surface area contributed by atoms with Crippen molar-refractivity contribution in [2.24, 2.45) is 5.92 Å². The maximum Gasteiger partial charge on any atom is 0.232 e. The Labute approximate surface area is 134 Å². The van der Waals surface area contributed by atoms with E-state index in [1.165, 1.54) is 11.9 Å². The van der Waals surface area contributed by atoms with E-state index in [0.29, 0.717) is 18.4 Å². The predicted molar refractivity (Wildman–Crippen MR) is 85.9 cm³/mol. The second-order valence-electron chi connectivity index (χ2n) is 5.98. The molecule has 2 heterocycles. The van der Waals surface area contributed by atoms with Gasteiger partial charge in [-0.2, -0.15) is 10.1 Å². The normalized spacial score (nSPS) is 16.8. The van der Waals surface area contributed by atoms with Gasteiger partial charge in [0, 0.05) is 12.1 Å². The molecular weight excluding hydrogens is 294 g/mol. The Bertz CT molecular complexity index is 720. The van der Waals surface area contributed by atoms with Gasteiger partial charge in [-0.25, -0.2) is 4.68 Å². The van der Waals surface area contributed by atoms with Crippen molar-refractivity contribution in [3.8, 4) is 0 Å². The van der Waals surface area contributed by atoms with Crippen molar-refractivity contribution in [1.82, 2.24) is 14.8 Å². The summed E-state index contributed by atoms with van der Waals surface area (Å²) >= 11 is 0. The molecule has 3 rings (SSSR count). The average Bonchev–Trinajstić information content (AvgIpc) is 2.95. The number of fused-ring (bicyclic) bond motifs is 1. The number of rotatable bonds is 4. The molecule has 2 N–H and O–H groups in total. The van der Waals surface area contributed by atoms with Gasteiger partial charge >= 0.3 is 0 Å². The summed E-state index contributed by atoms with van der Waals surface area (Å²) in [5.74, 6) is 0.0412. The van der Waals surface area contributed by atoms with Gasteiger partial charge in [-0.15, -0.1) is 0 Å². The lowest BCUT2D eigenvalue weighted by molar-refractivity contribution is -0.125. The molecule has 0 bridgehead atoms. The van der Waals surface area contributed by atoms with E-state index in [1.807, 2.05) is 24.3 Å². The molecule has 0 spiro atoms. The molecule has 2 aromatic rings. The fraction of sp³-hybridized carbons (Fsp3) is 0.375. The van der Waals surface area contributed by atoms with Gasteiger partial charge in [0.15, 0.2) is 0 Å². The zero-order valence-electron chi connectivity index (χ0n) is 13.1. The van der Waals surface area contributed by atoms with Crippen LogP contribution in [0.3, 0.4) is 0 Å². The van der Waals surface area contributed by atoms with Crippen LogP contribution in [0.1, 0.15) is 31.7 Å². The number of hydrogen-bond acceptors (Lipinski definition) is 4. The molecule has 2 amide bonds. The number of nitrogens with zero attached hydrogens (tertiary/aromatic N) is 3. The molecular formula is C16H19N5O2. The summed E-state index contributed by atoms with van der Waals surface area (Å²) in [7, 11) is 0. The molecule has 0 saturated heterocycles. The van der Waals surface area contributed by atoms with Crippen molar-refractivity contribution in [1.29, 1.82) is 0 Å². The highest BCUT2D eigenvalue weighted by atomic mass is 16.2. The van der Waals surface area contributed by atoms with Gasteiger partial charge in [0.1, 0.15) is 6.33 Å². The molecule has 7 heteroatoms. The molecule has 0 aliphatic carbocycles. The third-order valence-electron chi connectivity index (χ3n) is 3.91. The van der Waals surface area contributed by atoms with E-state index in [0.717, 1.165) is 5.69 Å². The number of aromatic nitrogens is 3. The minimum absolute atomic E-state index is 0.108. The molecule has 1 unspecified atom stereocenters. The minimum atomic E-state index is -0.445. The molecule has 1 aliphatic heterocycles. The van der Waals surface area contributed by atoms with Crippen molar-refractivity contribution in [3.63, 3.8) is 0 Å². The number of carbonyl (C=O) groups excluding carboxylic acids is 2. The fourth-order valence-corrected chi connectivity index (χ4v) is 2.54. The molecule has 1 atom stereocenters. The molecule has 0 radical (unpaired) electrons. The Kier molecular flexibility index (Phi) is 4.10. The van der Waals surface area contributed by atoms with E-state index in [9.17, 15) is 9.59 Å². The van der Waals surface area contributed by atoms with E-state index < -0.39 is 5.92 Å². The lowest BCUT2D eigenvalue weighted by Gasteiger charge is -2.21. The SMILES string of the molecule is CC(C)c1ccc(NC(=O)CC2Cn3ncnc3NC2=O)cc1. The molecule has 23 heavy (non-hydrogen) atoms. The first-order chi connectivity index (χ1) is 11.0. The Morgan fingerprint density at radius 1 is 1.39 bits per heavy atom. The number of benzene rings is 1. The summed E-state index contributed by atoms with van der Waals surface area (Å²) in [6.07, 6.45) is 1.49. The maximum atomic E-state index is 12.2. The number of carbonyl (C=O) groups is 2. The standard InChI is InChI=1S/C16H19N5O2/c1-10(2)11-3-5-13(6-4-11)19-14(22)7-12-8-21-16(17-9-18-21)20-15(12)23/h3-6,9-10,12H,7-8H2,1-2H3,(H,19,22)(H,17,18,20,23). The van der Waals surface area contributed by atoms with Crippen LogP contribution in [0.25, 0.3) is 0 Å². The van der Waals surface area contributed by atoms with Crippen molar-refractivity contribution in [2.45, 2.75) is 32.7 Å². The van der Waals surface area contributed by atoms with Crippen molar-refractivity contribution in [3.05, 3.63) is 36.2 Å². The third kappa shape index (κ3) is 3.39. The number of anilines is 2. The molecule has 120 valence electrons. The summed E-state index contributed by atoms with van der Waals surface area (Å²) in [6, 6.07) is 7.75. The average molecular weight is 313 g/mol. The highest BCUT2D eigenvalue weighted by molar-refractivity contribution is 5.98. The fourth-order valence-electron chi connectivity index (χ4n) is 2.54. The largest absolute Gasteiger partial charge is 0.326 e. The zero-order chi connectivity index (χ0) is 16.4. The van der Waals surface area contributed by atoms with Crippen LogP contribution in [0.5, 0.6) is 0 Å². The van der Waals surface area contributed by atoms with E-state index in [-0.39, 0.29) is 18.2 Å². The maximum absolute atomic E-state index is 12.2. The summed E-state index contributed by atoms with van der Waals surface area (Å²) in [6.45, 7) is 4.60. The Morgan fingerprint density at radius 3 is 2.83 bits per heavy atom. The van der Waals surface area contributed by atoms with Crippen molar-refractivity contribution >= 4 is 23.5 Å². The summed E-state index contributed by atoms with van der Waals surface area (Å²) in [5, 5.41) is 9.50. The first kappa shape index (κ1) is 15.2. The topological polar surface area (TPSA) is 88.9 Å². The molecule has 1 aliphatic rings. The Morgan fingerprint density at radius 2 is 2.13 bits per heavy atom. The Balaban J connectivity index is 1.60. The second-order valence-corrected chi connectivity index (χ2v) is 5.98. The van der Waals surface area contributed by atoms with Gasteiger partial charge in [-0.1, -0.05) is 26.0 Å². The van der Waals surface area contributed by atoms with E-state index in [4.69, 9.17) is 0 Å². The van der Waals surface area contributed by atoms with Crippen molar-refractivity contribution < 1.29 is 9.59 Å². The van der Waals surface area contributed by atoms with Crippen LogP contribution in [-0.2, 0) is 16.1 Å². The molecule has 0 fully saturated rings. The molecule has 0 saturated carbocycles. The summed E-state index contributed by atoms with van der Waals surface area (Å²) in [4.78, 5) is 28.1. The predicted octanol–water partition coefficient (Wildman–Crippen LogP) is 2.00. The van der Waals surface area contributed by atoms with Crippen LogP contribution in [0.4, 0.5) is 11.6 Å². The summed E-state index contributed by atoms with van der Waals surface area (Å²) < 4.78 is 1.59. The van der Waals surface area contributed by atoms with E-state index in [2.05, 4.69) is 34.6 Å². The van der Waals surface area contributed by atoms with Crippen LogP contribution >= 0.6 is 0 Å².